The summed E-state index contributed by atoms with van der Waals surface area (Å²) in [6.45, 7) is 6.59. The zero-order valence-corrected chi connectivity index (χ0v) is 12.6. The fourth-order valence-corrected chi connectivity index (χ4v) is 2.63. The summed E-state index contributed by atoms with van der Waals surface area (Å²) in [5.41, 5.74) is 0. The summed E-state index contributed by atoms with van der Waals surface area (Å²) >= 11 is 0. The molecule has 2 heterocycles. The number of H-pyrrole nitrogens is 1. The zero-order chi connectivity index (χ0) is 14.6. The number of aromatic amines is 1. The summed E-state index contributed by atoms with van der Waals surface area (Å²) < 4.78 is 30.9. The summed E-state index contributed by atoms with van der Waals surface area (Å²) in [6.07, 6.45) is -0.156. The first kappa shape index (κ1) is 15.4. The van der Waals surface area contributed by atoms with Crippen molar-refractivity contribution < 1.29 is 13.2 Å². The Morgan fingerprint density at radius 2 is 2.35 bits per heavy atom. The first-order chi connectivity index (χ1) is 9.50. The molecule has 9 heteroatoms. The molecule has 0 saturated carbocycles. The molecular formula is C11H21N5O3S. The number of morpholine rings is 1. The zero-order valence-electron chi connectivity index (χ0n) is 11.8. The Morgan fingerprint density at radius 1 is 1.55 bits per heavy atom. The van der Waals surface area contributed by atoms with Crippen molar-refractivity contribution in [2.24, 2.45) is 0 Å². The molecule has 0 radical (unpaired) electrons. The van der Waals surface area contributed by atoms with E-state index in [0.717, 1.165) is 12.4 Å². The van der Waals surface area contributed by atoms with E-state index in [2.05, 4.69) is 24.8 Å². The third-order valence-electron chi connectivity index (χ3n) is 3.18. The van der Waals surface area contributed by atoms with Crippen molar-refractivity contribution in [1.82, 2.24) is 24.8 Å². The summed E-state index contributed by atoms with van der Waals surface area (Å²) in [7, 11) is -3.12. The van der Waals surface area contributed by atoms with Crippen LogP contribution < -0.4 is 4.72 Å². The van der Waals surface area contributed by atoms with Gasteiger partial charge in [0.15, 0.2) is 5.82 Å². The van der Waals surface area contributed by atoms with Crippen molar-refractivity contribution in [3.05, 3.63) is 11.6 Å². The van der Waals surface area contributed by atoms with Gasteiger partial charge in [-0.05, 0) is 13.8 Å². The van der Waals surface area contributed by atoms with Crippen molar-refractivity contribution in [2.45, 2.75) is 20.0 Å². The van der Waals surface area contributed by atoms with Crippen LogP contribution in [0.5, 0.6) is 0 Å². The fraction of sp³-hybridized carbons (Fsp3) is 0.818. The van der Waals surface area contributed by atoms with Crippen molar-refractivity contribution in [3.63, 3.8) is 0 Å². The van der Waals surface area contributed by atoms with Gasteiger partial charge in [0.2, 0.25) is 10.0 Å². The molecule has 1 atom stereocenters. The molecule has 1 aromatic rings. The van der Waals surface area contributed by atoms with E-state index in [1.54, 1.807) is 6.92 Å². The van der Waals surface area contributed by atoms with Gasteiger partial charge in [-0.25, -0.2) is 18.1 Å². The third kappa shape index (κ3) is 4.23. The number of aryl methyl sites for hydroxylation is 1. The molecule has 0 bridgehead atoms. The Kier molecular flexibility index (Phi) is 5.08. The number of sulfonamides is 1. The Labute approximate surface area is 119 Å². The first-order valence-electron chi connectivity index (χ1n) is 6.70. The number of ether oxygens (including phenoxy) is 1. The standard InChI is InChI=1S/C11H21N5O3S/c1-3-20(17,18)12-4-5-16-6-7-19-10(8-16)11-13-9(2)14-15-11/h10,12H,3-8H2,1-2H3,(H,13,14,15)/t10-/m1/s1. The lowest BCUT2D eigenvalue weighted by atomic mass is 10.2. The van der Waals surface area contributed by atoms with E-state index in [1.807, 2.05) is 6.92 Å². The molecule has 0 spiro atoms. The van der Waals surface area contributed by atoms with Gasteiger partial charge in [-0.15, -0.1) is 0 Å². The van der Waals surface area contributed by atoms with Gasteiger partial charge in [-0.1, -0.05) is 0 Å². The number of hydrogen-bond acceptors (Lipinski definition) is 6. The lowest BCUT2D eigenvalue weighted by molar-refractivity contribution is -0.0333. The lowest BCUT2D eigenvalue weighted by Crippen LogP contribution is -2.43. The number of rotatable bonds is 6. The Bertz CT molecular complexity index is 530. The van der Waals surface area contributed by atoms with E-state index in [0.29, 0.717) is 32.1 Å². The van der Waals surface area contributed by atoms with Crippen LogP contribution in [-0.2, 0) is 14.8 Å². The van der Waals surface area contributed by atoms with Crippen LogP contribution in [0.4, 0.5) is 0 Å². The molecule has 1 aliphatic rings. The highest BCUT2D eigenvalue weighted by Crippen LogP contribution is 2.18. The van der Waals surface area contributed by atoms with E-state index in [9.17, 15) is 8.42 Å². The smallest absolute Gasteiger partial charge is 0.211 e. The van der Waals surface area contributed by atoms with Crippen LogP contribution in [0.3, 0.4) is 0 Å². The quantitative estimate of drug-likeness (QED) is 0.730. The minimum atomic E-state index is -3.12. The molecule has 114 valence electrons. The maximum atomic E-state index is 11.4. The molecule has 20 heavy (non-hydrogen) atoms. The number of nitrogens with zero attached hydrogens (tertiary/aromatic N) is 3. The van der Waals surface area contributed by atoms with Gasteiger partial charge in [-0.3, -0.25) is 10.00 Å². The van der Waals surface area contributed by atoms with Gasteiger partial charge in [0.05, 0.1) is 12.4 Å². The van der Waals surface area contributed by atoms with Gasteiger partial charge in [0.25, 0.3) is 0 Å². The molecule has 0 aliphatic carbocycles. The van der Waals surface area contributed by atoms with Crippen LogP contribution in [0, 0.1) is 6.92 Å². The van der Waals surface area contributed by atoms with Crippen LogP contribution in [0.2, 0.25) is 0 Å². The molecule has 0 unspecified atom stereocenters. The van der Waals surface area contributed by atoms with Crippen LogP contribution in [0.1, 0.15) is 24.7 Å². The van der Waals surface area contributed by atoms with Crippen molar-refractivity contribution in [1.29, 1.82) is 0 Å². The van der Waals surface area contributed by atoms with E-state index in [1.165, 1.54) is 0 Å². The SMILES string of the molecule is CCS(=O)(=O)NCCN1CCO[C@@H](c2n[nH]c(C)n2)C1. The number of aromatic nitrogens is 3. The molecule has 8 nitrogen and oxygen atoms in total. The van der Waals surface area contributed by atoms with Crippen LogP contribution in [0.15, 0.2) is 0 Å². The second-order valence-electron chi connectivity index (χ2n) is 4.74. The predicted octanol–water partition coefficient (Wildman–Crippen LogP) is -0.574. The van der Waals surface area contributed by atoms with Crippen molar-refractivity contribution in [3.8, 4) is 0 Å². The molecule has 0 aromatic carbocycles. The third-order valence-corrected chi connectivity index (χ3v) is 4.59. The Balaban J connectivity index is 1.82. The molecule has 2 rings (SSSR count). The monoisotopic (exact) mass is 303 g/mol. The highest BCUT2D eigenvalue weighted by atomic mass is 32.2. The van der Waals surface area contributed by atoms with Crippen LogP contribution in [-0.4, -0.2) is 67.0 Å². The number of hydrogen-bond donors (Lipinski definition) is 2. The molecular weight excluding hydrogens is 282 g/mol. The topological polar surface area (TPSA) is 100 Å². The van der Waals surface area contributed by atoms with Crippen molar-refractivity contribution in [2.75, 3.05) is 38.5 Å². The van der Waals surface area contributed by atoms with Gasteiger partial charge in [0, 0.05) is 26.2 Å². The van der Waals surface area contributed by atoms with Gasteiger partial charge in [-0.2, -0.15) is 5.10 Å². The van der Waals surface area contributed by atoms with E-state index in [-0.39, 0.29) is 11.9 Å². The maximum Gasteiger partial charge on any atom is 0.211 e. The Hall–Kier alpha value is -1.03. The van der Waals surface area contributed by atoms with E-state index >= 15 is 0 Å². The van der Waals surface area contributed by atoms with Crippen molar-refractivity contribution >= 4 is 10.0 Å². The molecule has 1 fully saturated rings. The first-order valence-corrected chi connectivity index (χ1v) is 8.35. The summed E-state index contributed by atoms with van der Waals surface area (Å²) in [5, 5.41) is 6.91. The maximum absolute atomic E-state index is 11.4. The Morgan fingerprint density at radius 3 is 3.00 bits per heavy atom. The van der Waals surface area contributed by atoms with Gasteiger partial charge < -0.3 is 4.74 Å². The minimum absolute atomic E-state index is 0.106. The minimum Gasteiger partial charge on any atom is -0.367 e. The second-order valence-corrected chi connectivity index (χ2v) is 6.83. The highest BCUT2D eigenvalue weighted by molar-refractivity contribution is 7.89. The average molecular weight is 303 g/mol. The van der Waals surface area contributed by atoms with Crippen LogP contribution in [0.25, 0.3) is 0 Å². The lowest BCUT2D eigenvalue weighted by Gasteiger charge is -2.31. The van der Waals surface area contributed by atoms with Gasteiger partial charge in [0.1, 0.15) is 11.9 Å². The molecule has 1 saturated heterocycles. The highest BCUT2D eigenvalue weighted by Gasteiger charge is 2.24. The average Bonchev–Trinajstić information content (AvgIpc) is 2.86. The second kappa shape index (κ2) is 6.61. The van der Waals surface area contributed by atoms with Gasteiger partial charge >= 0.3 is 0 Å². The predicted molar refractivity (Wildman–Crippen MR) is 73.7 cm³/mol. The summed E-state index contributed by atoms with van der Waals surface area (Å²) in [4.78, 5) is 6.42. The fourth-order valence-electron chi connectivity index (χ4n) is 2.03. The largest absolute Gasteiger partial charge is 0.367 e. The normalized spacial score (nSPS) is 21.2. The van der Waals surface area contributed by atoms with E-state index < -0.39 is 10.0 Å². The summed E-state index contributed by atoms with van der Waals surface area (Å²) in [6, 6.07) is 0. The van der Waals surface area contributed by atoms with E-state index in [4.69, 9.17) is 4.74 Å². The number of nitrogens with one attached hydrogen (secondary N) is 2. The molecule has 0 amide bonds. The molecule has 2 N–H and O–H groups in total. The molecule has 1 aromatic heterocycles. The summed E-state index contributed by atoms with van der Waals surface area (Å²) in [5.74, 6) is 1.52. The molecule has 1 aliphatic heterocycles. The van der Waals surface area contributed by atoms with Crippen LogP contribution >= 0.6 is 0 Å².